The number of rotatable bonds is 7. The molecule has 0 spiro atoms. The molecule has 24 heavy (non-hydrogen) atoms. The second-order valence-electron chi connectivity index (χ2n) is 5.25. The van der Waals surface area contributed by atoms with Crippen LogP contribution < -0.4 is 9.47 Å². The van der Waals surface area contributed by atoms with Crippen LogP contribution in [0, 0.1) is 10.5 Å². The van der Waals surface area contributed by atoms with Gasteiger partial charge in [0.15, 0.2) is 11.5 Å². The van der Waals surface area contributed by atoms with Crippen molar-refractivity contribution in [3.8, 4) is 11.5 Å². The molecule has 2 aromatic rings. The number of ether oxygens (including phenoxy) is 2. The number of hydrogen-bond donors (Lipinski definition) is 0. The Morgan fingerprint density at radius 3 is 2.71 bits per heavy atom. The maximum atomic E-state index is 6.14. The average Bonchev–Trinajstić information content (AvgIpc) is 2.56. The second-order valence-corrected chi connectivity index (χ2v) is 6.82. The Balaban J connectivity index is 2.33. The summed E-state index contributed by atoms with van der Waals surface area (Å²) in [5, 5.41) is 0.720. The van der Waals surface area contributed by atoms with E-state index in [1.165, 1.54) is 0 Å². The van der Waals surface area contributed by atoms with E-state index in [0.717, 1.165) is 43.3 Å². The Bertz CT molecular complexity index is 732. The lowest BCUT2D eigenvalue weighted by atomic mass is 10.2. The van der Waals surface area contributed by atoms with E-state index in [0.29, 0.717) is 13.2 Å². The molecule has 128 valence electrons. The quantitative estimate of drug-likeness (QED) is 0.366. The highest BCUT2D eigenvalue weighted by Crippen LogP contribution is 2.34. The number of halogens is 2. The van der Waals surface area contributed by atoms with Gasteiger partial charge in [0.05, 0.1) is 22.5 Å². The highest BCUT2D eigenvalue weighted by atomic mass is 127. The van der Waals surface area contributed by atoms with Crippen LogP contribution in [-0.2, 0) is 0 Å². The molecule has 0 saturated heterocycles. The standard InChI is InChI=1S/C19H21ClINO2/c1-4-9-24-19-16(21)10-14(11-18(19)23-5-2)12-22-17-8-6-7-15(20)13(17)3/h6-8,10-12H,4-5,9H2,1-3H3. The van der Waals surface area contributed by atoms with E-state index >= 15 is 0 Å². The molecule has 0 N–H and O–H groups in total. The molecule has 0 saturated carbocycles. The number of nitrogens with zero attached hydrogens (tertiary/aromatic N) is 1. The fourth-order valence-corrected chi connectivity index (χ4v) is 3.10. The SMILES string of the molecule is CCCOc1c(I)cc(C=Nc2cccc(Cl)c2C)cc1OCC. The summed E-state index contributed by atoms with van der Waals surface area (Å²) in [5.41, 5.74) is 2.80. The average molecular weight is 458 g/mol. The van der Waals surface area contributed by atoms with Crippen LogP contribution in [0.4, 0.5) is 5.69 Å². The maximum Gasteiger partial charge on any atom is 0.174 e. The number of benzene rings is 2. The first kappa shape index (κ1) is 19.1. The van der Waals surface area contributed by atoms with Crippen molar-refractivity contribution in [1.29, 1.82) is 0 Å². The smallest absolute Gasteiger partial charge is 0.174 e. The summed E-state index contributed by atoms with van der Waals surface area (Å²) in [6.45, 7) is 7.28. The zero-order valence-electron chi connectivity index (χ0n) is 14.1. The molecule has 0 amide bonds. The lowest BCUT2D eigenvalue weighted by Crippen LogP contribution is -2.02. The van der Waals surface area contributed by atoms with Crippen LogP contribution in [0.5, 0.6) is 11.5 Å². The van der Waals surface area contributed by atoms with Crippen molar-refractivity contribution in [2.75, 3.05) is 13.2 Å². The van der Waals surface area contributed by atoms with Gasteiger partial charge in [-0.3, -0.25) is 4.99 Å². The Hall–Kier alpha value is -1.27. The minimum absolute atomic E-state index is 0.590. The molecule has 0 atom stereocenters. The topological polar surface area (TPSA) is 30.8 Å². The van der Waals surface area contributed by atoms with Gasteiger partial charge in [0.2, 0.25) is 0 Å². The largest absolute Gasteiger partial charge is 0.490 e. The third-order valence-corrected chi connectivity index (χ3v) is 4.58. The highest BCUT2D eigenvalue weighted by Gasteiger charge is 2.11. The highest BCUT2D eigenvalue weighted by molar-refractivity contribution is 14.1. The van der Waals surface area contributed by atoms with Crippen molar-refractivity contribution in [2.45, 2.75) is 27.2 Å². The van der Waals surface area contributed by atoms with Crippen LogP contribution in [0.2, 0.25) is 5.02 Å². The van der Waals surface area contributed by atoms with Gasteiger partial charge in [-0.25, -0.2) is 0 Å². The molecule has 0 aromatic heterocycles. The molecule has 0 unspecified atom stereocenters. The minimum Gasteiger partial charge on any atom is -0.490 e. The molecule has 0 radical (unpaired) electrons. The van der Waals surface area contributed by atoms with E-state index < -0.39 is 0 Å². The zero-order chi connectivity index (χ0) is 17.5. The summed E-state index contributed by atoms with van der Waals surface area (Å²) >= 11 is 8.41. The summed E-state index contributed by atoms with van der Waals surface area (Å²) in [7, 11) is 0. The van der Waals surface area contributed by atoms with Crippen LogP contribution in [0.1, 0.15) is 31.4 Å². The van der Waals surface area contributed by atoms with Gasteiger partial charge in [0.25, 0.3) is 0 Å². The van der Waals surface area contributed by atoms with Gasteiger partial charge >= 0.3 is 0 Å². The van der Waals surface area contributed by atoms with Crippen molar-refractivity contribution in [1.82, 2.24) is 0 Å². The van der Waals surface area contributed by atoms with E-state index in [-0.39, 0.29) is 0 Å². The van der Waals surface area contributed by atoms with Gasteiger partial charge in [-0.1, -0.05) is 24.6 Å². The monoisotopic (exact) mass is 457 g/mol. The molecule has 0 bridgehead atoms. The minimum atomic E-state index is 0.590. The number of aliphatic imine (C=N–C) groups is 1. The Morgan fingerprint density at radius 1 is 1.21 bits per heavy atom. The van der Waals surface area contributed by atoms with Gasteiger partial charge in [-0.15, -0.1) is 0 Å². The number of hydrogen-bond acceptors (Lipinski definition) is 3. The summed E-state index contributed by atoms with van der Waals surface area (Å²) in [6, 6.07) is 9.72. The van der Waals surface area contributed by atoms with E-state index in [1.807, 2.05) is 50.4 Å². The van der Waals surface area contributed by atoms with Crippen LogP contribution >= 0.6 is 34.2 Å². The third-order valence-electron chi connectivity index (χ3n) is 3.37. The van der Waals surface area contributed by atoms with Crippen LogP contribution in [0.25, 0.3) is 0 Å². The summed E-state index contributed by atoms with van der Waals surface area (Å²) in [6.07, 6.45) is 2.78. The maximum absolute atomic E-state index is 6.14. The summed E-state index contributed by atoms with van der Waals surface area (Å²) in [5.74, 6) is 1.55. The second kappa shape index (κ2) is 9.28. The van der Waals surface area contributed by atoms with Gasteiger partial charge in [-0.05, 0) is 78.3 Å². The molecule has 0 aliphatic carbocycles. The molecule has 3 nitrogen and oxygen atoms in total. The van der Waals surface area contributed by atoms with E-state index in [2.05, 4.69) is 34.5 Å². The molecular formula is C19H21ClINO2. The summed E-state index contributed by atoms with van der Waals surface area (Å²) in [4.78, 5) is 4.56. The molecule has 0 fully saturated rings. The molecule has 2 aromatic carbocycles. The third kappa shape index (κ3) is 4.86. The first-order valence-electron chi connectivity index (χ1n) is 7.95. The fraction of sp³-hybridized carbons (Fsp3) is 0.316. The van der Waals surface area contributed by atoms with Gasteiger partial charge in [0.1, 0.15) is 0 Å². The predicted molar refractivity (Wildman–Crippen MR) is 110 cm³/mol. The lowest BCUT2D eigenvalue weighted by molar-refractivity contribution is 0.275. The predicted octanol–water partition coefficient (Wildman–Crippen LogP) is 6.19. The molecule has 5 heteroatoms. The van der Waals surface area contributed by atoms with E-state index in [4.69, 9.17) is 21.1 Å². The van der Waals surface area contributed by atoms with E-state index in [1.54, 1.807) is 0 Å². The van der Waals surface area contributed by atoms with Crippen molar-refractivity contribution in [3.05, 3.63) is 50.1 Å². The van der Waals surface area contributed by atoms with Crippen LogP contribution in [-0.4, -0.2) is 19.4 Å². The van der Waals surface area contributed by atoms with Gasteiger partial charge in [0, 0.05) is 11.2 Å². The van der Waals surface area contributed by atoms with Crippen molar-refractivity contribution < 1.29 is 9.47 Å². The van der Waals surface area contributed by atoms with Crippen molar-refractivity contribution in [2.24, 2.45) is 4.99 Å². The molecule has 0 aliphatic rings. The van der Waals surface area contributed by atoms with Crippen LogP contribution in [0.3, 0.4) is 0 Å². The molecular weight excluding hydrogens is 437 g/mol. The first-order chi connectivity index (χ1) is 11.6. The zero-order valence-corrected chi connectivity index (χ0v) is 17.0. The molecule has 2 rings (SSSR count). The lowest BCUT2D eigenvalue weighted by Gasteiger charge is -2.14. The molecule has 0 heterocycles. The van der Waals surface area contributed by atoms with Gasteiger partial charge in [-0.2, -0.15) is 0 Å². The van der Waals surface area contributed by atoms with Crippen LogP contribution in [0.15, 0.2) is 35.3 Å². The van der Waals surface area contributed by atoms with Gasteiger partial charge < -0.3 is 9.47 Å². The Labute approximate surface area is 162 Å². The van der Waals surface area contributed by atoms with E-state index in [9.17, 15) is 0 Å². The Morgan fingerprint density at radius 2 is 2.00 bits per heavy atom. The first-order valence-corrected chi connectivity index (χ1v) is 9.40. The normalized spacial score (nSPS) is 11.0. The molecule has 0 aliphatic heterocycles. The van der Waals surface area contributed by atoms with Crippen molar-refractivity contribution in [3.63, 3.8) is 0 Å². The fourth-order valence-electron chi connectivity index (χ4n) is 2.15. The summed E-state index contributed by atoms with van der Waals surface area (Å²) < 4.78 is 12.6. The Kier molecular flexibility index (Phi) is 7.37. The van der Waals surface area contributed by atoms with Crippen molar-refractivity contribution >= 4 is 46.1 Å².